The molecule has 0 aliphatic rings. The van der Waals surface area contributed by atoms with Crippen LogP contribution in [-0.4, -0.2) is 28.8 Å². The molecule has 0 aromatic carbocycles. The number of hydrogen-bond donors (Lipinski definition) is 0. The summed E-state index contributed by atoms with van der Waals surface area (Å²) in [7, 11) is -3.21. The zero-order valence-corrected chi connectivity index (χ0v) is 18.2. The highest BCUT2D eigenvalue weighted by atomic mass is 28.4. The third-order valence-corrected chi connectivity index (χ3v) is 9.54. The molecular formula is C18H34O2Si2. The van der Waals surface area contributed by atoms with E-state index in [0.717, 1.165) is 11.1 Å². The predicted octanol–water partition coefficient (Wildman–Crippen LogP) is 5.18. The van der Waals surface area contributed by atoms with Gasteiger partial charge in [-0.05, 0) is 43.5 Å². The summed E-state index contributed by atoms with van der Waals surface area (Å²) in [5, 5.41) is 0.208. The Morgan fingerprint density at radius 1 is 1.00 bits per heavy atom. The lowest BCUT2D eigenvalue weighted by Crippen LogP contribution is -2.41. The van der Waals surface area contributed by atoms with Crippen molar-refractivity contribution in [2.24, 2.45) is 0 Å². The molecule has 0 unspecified atom stereocenters. The van der Waals surface area contributed by atoms with Crippen LogP contribution in [0.4, 0.5) is 0 Å². The smallest absolute Gasteiger partial charge is 0.208 e. The summed E-state index contributed by atoms with van der Waals surface area (Å²) in [6.45, 7) is 22.3. The summed E-state index contributed by atoms with van der Waals surface area (Å²) >= 11 is 0. The topological polar surface area (TPSA) is 26.3 Å². The van der Waals surface area contributed by atoms with Gasteiger partial charge in [0.25, 0.3) is 0 Å². The van der Waals surface area contributed by atoms with Crippen LogP contribution < -0.4 is 0 Å². The molecule has 0 saturated heterocycles. The molecule has 0 fully saturated rings. The van der Waals surface area contributed by atoms with E-state index in [2.05, 4.69) is 71.9 Å². The van der Waals surface area contributed by atoms with E-state index < -0.39 is 16.4 Å². The molecule has 0 amide bonds. The minimum Gasteiger partial charge on any atom is -0.413 e. The molecule has 0 aromatic rings. The monoisotopic (exact) mass is 338 g/mol. The van der Waals surface area contributed by atoms with Crippen LogP contribution in [0.1, 0.15) is 41.0 Å². The highest BCUT2D eigenvalue weighted by molar-refractivity contribution is 6.84. The van der Waals surface area contributed by atoms with E-state index in [1.165, 1.54) is 0 Å². The van der Waals surface area contributed by atoms with Gasteiger partial charge in [0.2, 0.25) is 5.78 Å². The Bertz CT molecular complexity index is 492. The van der Waals surface area contributed by atoms with E-state index >= 15 is 0 Å². The van der Waals surface area contributed by atoms with Gasteiger partial charge in [0.1, 0.15) is 8.07 Å². The Morgan fingerprint density at radius 3 is 1.91 bits per heavy atom. The van der Waals surface area contributed by atoms with Crippen molar-refractivity contribution in [1.82, 2.24) is 0 Å². The molecule has 0 spiro atoms. The minimum atomic E-state index is -1.74. The van der Waals surface area contributed by atoms with Crippen LogP contribution in [0.15, 0.2) is 11.1 Å². The van der Waals surface area contributed by atoms with Crippen molar-refractivity contribution in [2.45, 2.75) is 78.8 Å². The zero-order valence-electron chi connectivity index (χ0n) is 16.2. The standard InChI is InChI=1S/C18H34O2Si2/c1-15(13-17(19)11-12-21(6,7)8)16(2)14-20-22(9,10)18(3,4)5/h13-14H2,1-10H3/b16-15-. The molecule has 0 aromatic heterocycles. The SMILES string of the molecule is C/C(CO[Si](C)(C)C(C)(C)C)=C(\C)CC(=O)C#C[Si](C)(C)C. The Morgan fingerprint density at radius 2 is 1.50 bits per heavy atom. The molecule has 2 nitrogen and oxygen atoms in total. The van der Waals surface area contributed by atoms with Gasteiger partial charge in [0.05, 0.1) is 6.61 Å². The second kappa shape index (κ2) is 7.76. The maximum atomic E-state index is 11.9. The van der Waals surface area contributed by atoms with Crippen LogP contribution in [-0.2, 0) is 9.22 Å². The van der Waals surface area contributed by atoms with Crippen molar-refractivity contribution in [1.29, 1.82) is 0 Å². The fraction of sp³-hybridized carbons (Fsp3) is 0.722. The van der Waals surface area contributed by atoms with Gasteiger partial charge in [0.15, 0.2) is 8.32 Å². The highest BCUT2D eigenvalue weighted by Gasteiger charge is 2.37. The Balaban J connectivity index is 4.75. The Hall–Kier alpha value is -0.636. The van der Waals surface area contributed by atoms with E-state index in [4.69, 9.17) is 4.43 Å². The van der Waals surface area contributed by atoms with Gasteiger partial charge >= 0.3 is 0 Å². The second-order valence-corrected chi connectivity index (χ2v) is 18.3. The Kier molecular flexibility index (Phi) is 7.54. The summed E-state index contributed by atoms with van der Waals surface area (Å²) in [4.78, 5) is 11.9. The maximum absolute atomic E-state index is 11.9. The number of hydrogen-bond acceptors (Lipinski definition) is 2. The molecule has 0 bridgehead atoms. The van der Waals surface area contributed by atoms with Gasteiger partial charge in [-0.3, -0.25) is 4.79 Å². The van der Waals surface area contributed by atoms with Gasteiger partial charge in [-0.1, -0.05) is 46.0 Å². The van der Waals surface area contributed by atoms with Gasteiger partial charge in [0, 0.05) is 6.42 Å². The fourth-order valence-corrected chi connectivity index (χ4v) is 2.85. The van der Waals surface area contributed by atoms with E-state index in [9.17, 15) is 4.79 Å². The third kappa shape index (κ3) is 8.12. The van der Waals surface area contributed by atoms with E-state index in [-0.39, 0.29) is 10.8 Å². The van der Waals surface area contributed by atoms with Crippen LogP contribution in [0.5, 0.6) is 0 Å². The van der Waals surface area contributed by atoms with Crippen LogP contribution in [0.25, 0.3) is 0 Å². The first-order valence-corrected chi connectivity index (χ1v) is 14.4. The summed E-state index contributed by atoms with van der Waals surface area (Å²) < 4.78 is 6.21. The van der Waals surface area contributed by atoms with E-state index in [0.29, 0.717) is 13.0 Å². The molecule has 0 atom stereocenters. The van der Waals surface area contributed by atoms with Crippen molar-refractivity contribution < 1.29 is 9.22 Å². The number of carbonyl (C=O) groups excluding carboxylic acids is 1. The van der Waals surface area contributed by atoms with E-state index in [1.807, 2.05) is 6.92 Å². The normalized spacial score (nSPS) is 14.1. The summed E-state index contributed by atoms with van der Waals surface area (Å²) in [5.41, 5.74) is 5.39. The first-order valence-electron chi connectivity index (χ1n) is 8.01. The summed E-state index contributed by atoms with van der Waals surface area (Å²) in [6, 6.07) is 0. The highest BCUT2D eigenvalue weighted by Crippen LogP contribution is 2.36. The van der Waals surface area contributed by atoms with Gasteiger partial charge in [-0.2, -0.15) is 0 Å². The quantitative estimate of drug-likeness (QED) is 0.392. The molecule has 0 aliphatic carbocycles. The molecule has 0 heterocycles. The maximum Gasteiger partial charge on any atom is 0.208 e. The van der Waals surface area contributed by atoms with Crippen molar-refractivity contribution in [2.75, 3.05) is 6.61 Å². The molecular weight excluding hydrogens is 304 g/mol. The lowest BCUT2D eigenvalue weighted by molar-refractivity contribution is -0.113. The Labute approximate surface area is 139 Å². The van der Waals surface area contributed by atoms with Crippen LogP contribution >= 0.6 is 0 Å². The lowest BCUT2D eigenvalue weighted by Gasteiger charge is -2.36. The van der Waals surface area contributed by atoms with Gasteiger partial charge < -0.3 is 4.43 Å². The number of carbonyl (C=O) groups is 1. The number of Topliss-reactive ketones (excluding diaryl/α,β-unsaturated/α-hetero) is 1. The van der Waals surface area contributed by atoms with Gasteiger partial charge in [-0.15, -0.1) is 5.54 Å². The van der Waals surface area contributed by atoms with Crippen LogP contribution in [0, 0.1) is 11.5 Å². The third-order valence-electron chi connectivity index (χ3n) is 4.19. The second-order valence-electron chi connectivity index (χ2n) is 8.71. The van der Waals surface area contributed by atoms with Crippen molar-refractivity contribution in [3.8, 4) is 11.5 Å². The number of allylic oxidation sites excluding steroid dienone is 1. The lowest BCUT2D eigenvalue weighted by atomic mass is 10.1. The van der Waals surface area contributed by atoms with Gasteiger partial charge in [-0.25, -0.2) is 0 Å². The van der Waals surface area contributed by atoms with Crippen LogP contribution in [0.2, 0.25) is 37.8 Å². The van der Waals surface area contributed by atoms with Crippen molar-refractivity contribution in [3.63, 3.8) is 0 Å². The predicted molar refractivity (Wildman–Crippen MR) is 102 cm³/mol. The molecule has 22 heavy (non-hydrogen) atoms. The number of rotatable bonds is 5. The molecule has 0 N–H and O–H groups in total. The van der Waals surface area contributed by atoms with Crippen LogP contribution in [0.3, 0.4) is 0 Å². The molecule has 0 rings (SSSR count). The first-order chi connectivity index (χ1) is 9.66. The molecule has 0 aliphatic heterocycles. The molecule has 0 radical (unpaired) electrons. The summed E-state index contributed by atoms with van der Waals surface area (Å²) in [6.07, 6.45) is 0.421. The fourth-order valence-electron chi connectivity index (χ4n) is 1.32. The molecule has 126 valence electrons. The summed E-state index contributed by atoms with van der Waals surface area (Å²) in [5.74, 6) is 2.83. The average molecular weight is 339 g/mol. The zero-order chi connectivity index (χ0) is 17.8. The first kappa shape index (κ1) is 21.4. The average Bonchev–Trinajstić information content (AvgIpc) is 2.31. The number of ketones is 1. The van der Waals surface area contributed by atoms with Crippen molar-refractivity contribution in [3.05, 3.63) is 11.1 Å². The van der Waals surface area contributed by atoms with E-state index in [1.54, 1.807) is 0 Å². The molecule has 0 saturated carbocycles. The largest absolute Gasteiger partial charge is 0.413 e. The van der Waals surface area contributed by atoms with Crippen molar-refractivity contribution >= 4 is 22.2 Å². The molecule has 4 heteroatoms. The minimum absolute atomic E-state index is 0.0200.